The van der Waals surface area contributed by atoms with Crippen molar-refractivity contribution in [2.24, 2.45) is 0 Å². The Morgan fingerprint density at radius 3 is 1.60 bits per heavy atom. The van der Waals surface area contributed by atoms with Crippen LogP contribution in [0.5, 0.6) is 0 Å². The molecule has 0 unspecified atom stereocenters. The van der Waals surface area contributed by atoms with E-state index in [-0.39, 0.29) is 0 Å². The average Bonchev–Trinajstić information content (AvgIpc) is 3.74. The van der Waals surface area contributed by atoms with Crippen molar-refractivity contribution in [2.75, 3.05) is 9.80 Å². The molecule has 4 heteroatoms. The quantitative estimate of drug-likeness (QED) is 0.177. The zero-order chi connectivity index (χ0) is 33.0. The van der Waals surface area contributed by atoms with E-state index in [1.165, 1.54) is 30.9 Å². The minimum atomic E-state index is 0.874. The molecule has 10 aromatic rings. The van der Waals surface area contributed by atoms with Crippen LogP contribution in [0.25, 0.3) is 52.9 Å². The Morgan fingerprint density at radius 1 is 0.380 bits per heavy atom. The maximum atomic E-state index is 6.41. The molecule has 0 amide bonds. The molecule has 2 aromatic heterocycles. The Balaban J connectivity index is 1.29. The van der Waals surface area contributed by atoms with Crippen LogP contribution in [0.4, 0.5) is 34.1 Å². The molecule has 0 bridgehead atoms. The summed E-state index contributed by atoms with van der Waals surface area (Å²) in [5.74, 6) is 0. The van der Waals surface area contributed by atoms with Crippen molar-refractivity contribution in [1.82, 2.24) is 0 Å². The van der Waals surface area contributed by atoms with E-state index in [2.05, 4.69) is 180 Å². The van der Waals surface area contributed by atoms with Gasteiger partial charge in [0.1, 0.15) is 11.2 Å². The normalized spacial score (nSPS) is 11.6. The highest BCUT2D eigenvalue weighted by Crippen LogP contribution is 2.51. The van der Waals surface area contributed by atoms with E-state index in [0.717, 1.165) is 56.1 Å². The molecular weight excluding hydrogens is 629 g/mol. The first kappa shape index (κ1) is 28.6. The summed E-state index contributed by atoms with van der Waals surface area (Å²) in [4.78, 5) is 4.77. The summed E-state index contributed by atoms with van der Waals surface area (Å²) in [6, 6.07) is 64.9. The number of nitrogens with zero attached hydrogens (tertiary/aromatic N) is 2. The first-order valence-electron chi connectivity index (χ1n) is 16.8. The summed E-state index contributed by atoms with van der Waals surface area (Å²) < 4.78 is 8.89. The second-order valence-corrected chi connectivity index (χ2v) is 13.6. The first-order chi connectivity index (χ1) is 24.8. The van der Waals surface area contributed by atoms with Crippen LogP contribution in [0.15, 0.2) is 186 Å². The van der Waals surface area contributed by atoms with E-state index in [9.17, 15) is 0 Å². The zero-order valence-corrected chi connectivity index (χ0v) is 27.8. The van der Waals surface area contributed by atoms with Gasteiger partial charge in [0.2, 0.25) is 0 Å². The van der Waals surface area contributed by atoms with Gasteiger partial charge in [-0.3, -0.25) is 0 Å². The van der Waals surface area contributed by atoms with Crippen LogP contribution in [0, 0.1) is 0 Å². The minimum absolute atomic E-state index is 0.874. The third-order valence-electron chi connectivity index (χ3n) is 9.59. The van der Waals surface area contributed by atoms with Crippen molar-refractivity contribution in [3.63, 3.8) is 0 Å². The number of furan rings is 1. The third-order valence-corrected chi connectivity index (χ3v) is 10.8. The smallest absolute Gasteiger partial charge is 0.137 e. The van der Waals surface area contributed by atoms with Crippen molar-refractivity contribution in [2.45, 2.75) is 0 Å². The van der Waals surface area contributed by atoms with Gasteiger partial charge in [-0.25, -0.2) is 0 Å². The van der Waals surface area contributed by atoms with Crippen LogP contribution in [-0.2, 0) is 0 Å². The van der Waals surface area contributed by atoms with Gasteiger partial charge in [0.15, 0.2) is 0 Å². The molecule has 2 heterocycles. The summed E-state index contributed by atoms with van der Waals surface area (Å²) in [6.45, 7) is 0. The van der Waals surface area contributed by atoms with Crippen LogP contribution in [0.2, 0.25) is 0 Å². The molecule has 0 N–H and O–H groups in total. The van der Waals surface area contributed by atoms with Crippen LogP contribution in [0.3, 0.4) is 0 Å². The Kier molecular flexibility index (Phi) is 6.68. The largest absolute Gasteiger partial charge is 0.456 e. The Labute approximate surface area is 293 Å². The lowest BCUT2D eigenvalue weighted by molar-refractivity contribution is 0.669. The minimum Gasteiger partial charge on any atom is -0.456 e. The molecule has 3 nitrogen and oxygen atoms in total. The van der Waals surface area contributed by atoms with Crippen molar-refractivity contribution in [3.8, 4) is 0 Å². The van der Waals surface area contributed by atoms with Gasteiger partial charge in [-0.2, -0.15) is 0 Å². The topological polar surface area (TPSA) is 19.6 Å². The fraction of sp³-hybridized carbons (Fsp3) is 0. The molecule has 0 atom stereocenters. The van der Waals surface area contributed by atoms with Crippen molar-refractivity contribution >= 4 is 98.3 Å². The summed E-state index contributed by atoms with van der Waals surface area (Å²) in [6.07, 6.45) is 0. The number of hydrogen-bond donors (Lipinski definition) is 0. The fourth-order valence-electron chi connectivity index (χ4n) is 7.34. The molecule has 0 saturated carbocycles. The molecule has 236 valence electrons. The molecule has 0 aliphatic rings. The highest BCUT2D eigenvalue weighted by atomic mass is 32.1. The van der Waals surface area contributed by atoms with Gasteiger partial charge >= 0.3 is 0 Å². The van der Waals surface area contributed by atoms with Gasteiger partial charge in [0.05, 0.1) is 16.1 Å². The Bertz CT molecular complexity index is 2780. The number of thiophene rings is 1. The molecule has 0 aliphatic heterocycles. The van der Waals surface area contributed by atoms with E-state index >= 15 is 0 Å². The van der Waals surface area contributed by atoms with Crippen LogP contribution < -0.4 is 9.80 Å². The summed E-state index contributed by atoms with van der Waals surface area (Å²) in [7, 11) is 0. The van der Waals surface area contributed by atoms with Gasteiger partial charge in [-0.05, 0) is 89.6 Å². The van der Waals surface area contributed by atoms with E-state index in [1.807, 2.05) is 23.5 Å². The maximum Gasteiger partial charge on any atom is 0.137 e. The van der Waals surface area contributed by atoms with E-state index in [1.54, 1.807) is 0 Å². The highest BCUT2D eigenvalue weighted by molar-refractivity contribution is 7.26. The van der Waals surface area contributed by atoms with Crippen molar-refractivity contribution in [1.29, 1.82) is 0 Å². The van der Waals surface area contributed by atoms with E-state index in [4.69, 9.17) is 4.42 Å². The monoisotopic (exact) mass is 658 g/mol. The van der Waals surface area contributed by atoms with Gasteiger partial charge < -0.3 is 14.2 Å². The van der Waals surface area contributed by atoms with Crippen molar-refractivity contribution < 1.29 is 4.42 Å². The molecule has 0 fully saturated rings. The van der Waals surface area contributed by atoms with E-state index in [0.29, 0.717) is 0 Å². The van der Waals surface area contributed by atoms with Gasteiger partial charge in [-0.1, -0.05) is 97.1 Å². The first-order valence-corrected chi connectivity index (χ1v) is 17.7. The van der Waals surface area contributed by atoms with Gasteiger partial charge in [0.25, 0.3) is 0 Å². The lowest BCUT2D eigenvalue weighted by Crippen LogP contribution is -2.12. The number of para-hydroxylation sites is 4. The number of fused-ring (bicyclic) bond motifs is 7. The molecule has 0 spiro atoms. The lowest BCUT2D eigenvalue weighted by atomic mass is 10.0. The maximum absolute atomic E-state index is 6.41. The molecule has 0 aliphatic carbocycles. The standard InChI is InChI=1S/C46H30N2OS/c1-4-16-33(17-5-1)47(34-18-6-2-7-19-34)40-26-27-41(46-45(40)39-28-31-14-10-11-15-32(31)29-44(39)50-46)48(35-20-8-3-9-21-35)36-24-25-38-37-22-12-13-23-42(37)49-43(38)30-36/h1-30H. The average molecular weight is 659 g/mol. The highest BCUT2D eigenvalue weighted by Gasteiger charge is 2.24. The van der Waals surface area contributed by atoms with Crippen LogP contribution in [-0.4, -0.2) is 0 Å². The second kappa shape index (κ2) is 11.7. The number of rotatable bonds is 6. The molecule has 8 aromatic carbocycles. The molecule has 50 heavy (non-hydrogen) atoms. The molecule has 0 radical (unpaired) electrons. The Morgan fingerprint density at radius 2 is 0.920 bits per heavy atom. The van der Waals surface area contributed by atoms with Gasteiger partial charge in [0, 0.05) is 55.1 Å². The van der Waals surface area contributed by atoms with Gasteiger partial charge in [-0.15, -0.1) is 11.3 Å². The fourth-order valence-corrected chi connectivity index (χ4v) is 8.59. The number of anilines is 6. The molecule has 0 saturated heterocycles. The SMILES string of the molecule is c1ccc(N(c2ccc3c(c2)oc2ccccc23)c2ccc(N(c3ccccc3)c3ccccc3)c3c2sc2cc4ccccc4cc23)cc1. The van der Waals surface area contributed by atoms with Crippen LogP contribution in [0.1, 0.15) is 0 Å². The lowest BCUT2D eigenvalue weighted by Gasteiger charge is -2.29. The number of benzene rings is 8. The molecule has 10 rings (SSSR count). The predicted octanol–water partition coefficient (Wildman–Crippen LogP) is 14.0. The van der Waals surface area contributed by atoms with Crippen LogP contribution >= 0.6 is 11.3 Å². The summed E-state index contributed by atoms with van der Waals surface area (Å²) >= 11 is 1.86. The summed E-state index contributed by atoms with van der Waals surface area (Å²) in [5.41, 5.74) is 8.40. The number of hydrogen-bond acceptors (Lipinski definition) is 4. The third kappa shape index (κ3) is 4.65. The van der Waals surface area contributed by atoms with E-state index < -0.39 is 0 Å². The van der Waals surface area contributed by atoms with Crippen molar-refractivity contribution in [3.05, 3.63) is 182 Å². The zero-order valence-electron chi connectivity index (χ0n) is 27.0. The predicted molar refractivity (Wildman–Crippen MR) is 213 cm³/mol. The second-order valence-electron chi connectivity index (χ2n) is 12.6. The molecular formula is C46H30N2OS. The Hall–Kier alpha value is -6.36. The summed E-state index contributed by atoms with van der Waals surface area (Å²) in [5, 5.41) is 7.20.